The molecule has 3 aromatic rings. The SMILES string of the molecule is NS(=O)(=O)CCCC(=O)NCCCn1c(=O)c2cc(F)ccc2n2c(=S)[nH]nc12. The lowest BCUT2D eigenvalue weighted by atomic mass is 10.2. The molecule has 0 fully saturated rings. The highest BCUT2D eigenvalue weighted by Crippen LogP contribution is 2.14. The van der Waals surface area contributed by atoms with Gasteiger partial charge in [-0.05, 0) is 43.3 Å². The van der Waals surface area contributed by atoms with E-state index in [0.29, 0.717) is 17.7 Å². The number of benzene rings is 1. The Hall–Kier alpha value is -2.64. The van der Waals surface area contributed by atoms with Crippen LogP contribution in [0.2, 0.25) is 0 Å². The number of halogens is 1. The second-order valence-electron chi connectivity index (χ2n) is 6.46. The number of H-pyrrole nitrogens is 1. The second-order valence-corrected chi connectivity index (χ2v) is 8.58. The van der Waals surface area contributed by atoms with Gasteiger partial charge in [0.15, 0.2) is 0 Å². The van der Waals surface area contributed by atoms with Gasteiger partial charge in [-0.2, -0.15) is 0 Å². The van der Waals surface area contributed by atoms with Gasteiger partial charge in [0.2, 0.25) is 26.5 Å². The summed E-state index contributed by atoms with van der Waals surface area (Å²) in [5.41, 5.74) is 0.0324. The van der Waals surface area contributed by atoms with E-state index < -0.39 is 21.4 Å². The lowest BCUT2D eigenvalue weighted by molar-refractivity contribution is -0.121. The number of aromatic amines is 1. The van der Waals surface area contributed by atoms with Gasteiger partial charge < -0.3 is 5.32 Å². The monoisotopic (exact) mass is 442 g/mol. The van der Waals surface area contributed by atoms with Crippen LogP contribution in [0.15, 0.2) is 23.0 Å². The summed E-state index contributed by atoms with van der Waals surface area (Å²) in [4.78, 5) is 24.5. The molecule has 2 heterocycles. The molecule has 0 aliphatic carbocycles. The van der Waals surface area contributed by atoms with Crippen molar-refractivity contribution in [2.24, 2.45) is 5.14 Å². The fourth-order valence-corrected chi connectivity index (χ4v) is 3.76. The van der Waals surface area contributed by atoms with Gasteiger partial charge in [-0.3, -0.25) is 18.6 Å². The van der Waals surface area contributed by atoms with Gasteiger partial charge in [-0.25, -0.2) is 23.0 Å². The van der Waals surface area contributed by atoms with Crippen LogP contribution in [0.3, 0.4) is 0 Å². The molecule has 156 valence electrons. The lowest BCUT2D eigenvalue weighted by Gasteiger charge is -2.11. The molecule has 0 bridgehead atoms. The molecule has 1 amide bonds. The number of amides is 1. The topological polar surface area (TPSA) is 144 Å². The van der Waals surface area contributed by atoms with Crippen LogP contribution >= 0.6 is 12.2 Å². The number of sulfonamides is 1. The average Bonchev–Trinajstić information content (AvgIpc) is 3.01. The summed E-state index contributed by atoms with van der Waals surface area (Å²) in [6.45, 7) is 0.477. The molecule has 0 unspecified atom stereocenters. The predicted octanol–water partition coefficient (Wildman–Crippen LogP) is 0.421. The molecule has 29 heavy (non-hydrogen) atoms. The molecule has 0 saturated carbocycles. The third-order valence-corrected chi connectivity index (χ3v) is 5.42. The smallest absolute Gasteiger partial charge is 0.262 e. The Bertz CT molecular complexity index is 1290. The standard InChI is InChI=1S/C16H19FN6O4S2/c17-10-4-5-12-11(9-10)14(25)22(15-20-21-16(28)23(12)15)7-2-6-19-13(24)3-1-8-29(18,26)27/h4-5,9H,1-3,6-8H2,(H,19,24)(H,21,28)(H2,18,26,27). The summed E-state index contributed by atoms with van der Waals surface area (Å²) in [7, 11) is -3.59. The first-order chi connectivity index (χ1) is 13.7. The number of primary sulfonamides is 1. The second kappa shape index (κ2) is 8.39. The van der Waals surface area contributed by atoms with Gasteiger partial charge in [0, 0.05) is 19.5 Å². The zero-order valence-corrected chi connectivity index (χ0v) is 16.9. The maximum absolute atomic E-state index is 13.6. The van der Waals surface area contributed by atoms with Crippen molar-refractivity contribution in [1.82, 2.24) is 24.5 Å². The number of nitrogens with zero attached hydrogens (tertiary/aromatic N) is 3. The summed E-state index contributed by atoms with van der Waals surface area (Å²) in [5, 5.41) is 14.4. The molecule has 0 aliphatic rings. The molecule has 0 radical (unpaired) electrons. The summed E-state index contributed by atoms with van der Waals surface area (Å²) in [6.07, 6.45) is 0.563. The Morgan fingerprint density at radius 3 is 2.83 bits per heavy atom. The largest absolute Gasteiger partial charge is 0.356 e. The highest BCUT2D eigenvalue weighted by atomic mass is 32.2. The molecule has 10 nitrogen and oxygen atoms in total. The molecule has 0 atom stereocenters. The highest BCUT2D eigenvalue weighted by Gasteiger charge is 2.14. The van der Waals surface area contributed by atoms with E-state index in [1.54, 1.807) is 4.40 Å². The van der Waals surface area contributed by atoms with Crippen molar-refractivity contribution >= 4 is 44.8 Å². The van der Waals surface area contributed by atoms with Crippen LogP contribution in [0, 0.1) is 10.6 Å². The van der Waals surface area contributed by atoms with Crippen molar-refractivity contribution in [3.8, 4) is 0 Å². The molecule has 3 rings (SSSR count). The fourth-order valence-electron chi connectivity index (χ4n) is 2.99. The molecule has 2 aromatic heterocycles. The number of fused-ring (bicyclic) bond motifs is 3. The van der Waals surface area contributed by atoms with Crippen LogP contribution in [0.5, 0.6) is 0 Å². The number of carbonyl (C=O) groups is 1. The number of rotatable bonds is 8. The quantitative estimate of drug-likeness (QED) is 0.341. The fraction of sp³-hybridized carbons (Fsp3) is 0.375. The van der Waals surface area contributed by atoms with E-state index in [9.17, 15) is 22.4 Å². The van der Waals surface area contributed by atoms with E-state index >= 15 is 0 Å². The summed E-state index contributed by atoms with van der Waals surface area (Å²) < 4.78 is 38.5. The number of nitrogens with two attached hydrogens (primary N) is 1. The zero-order chi connectivity index (χ0) is 21.2. The first kappa shape index (κ1) is 21.1. The predicted molar refractivity (Wildman–Crippen MR) is 107 cm³/mol. The van der Waals surface area contributed by atoms with Gasteiger partial charge >= 0.3 is 0 Å². The number of hydrogen-bond donors (Lipinski definition) is 3. The highest BCUT2D eigenvalue weighted by molar-refractivity contribution is 7.89. The van der Waals surface area contributed by atoms with Gasteiger partial charge in [0.1, 0.15) is 5.82 Å². The minimum atomic E-state index is -3.59. The lowest BCUT2D eigenvalue weighted by Crippen LogP contribution is -2.28. The van der Waals surface area contributed by atoms with Crippen molar-refractivity contribution in [3.05, 3.63) is 39.1 Å². The molecule has 0 aliphatic heterocycles. The molecule has 0 saturated heterocycles. The van der Waals surface area contributed by atoms with E-state index in [1.165, 1.54) is 16.7 Å². The van der Waals surface area contributed by atoms with Crippen molar-refractivity contribution in [2.45, 2.75) is 25.8 Å². The van der Waals surface area contributed by atoms with Gasteiger partial charge in [-0.1, -0.05) is 0 Å². The van der Waals surface area contributed by atoms with Crippen molar-refractivity contribution < 1.29 is 17.6 Å². The van der Waals surface area contributed by atoms with E-state index in [2.05, 4.69) is 15.5 Å². The number of aryl methyl sites for hydroxylation is 1. The van der Waals surface area contributed by atoms with Crippen LogP contribution in [0.25, 0.3) is 16.7 Å². The van der Waals surface area contributed by atoms with Gasteiger partial charge in [-0.15, -0.1) is 5.10 Å². The Morgan fingerprint density at radius 2 is 2.10 bits per heavy atom. The Morgan fingerprint density at radius 1 is 1.34 bits per heavy atom. The van der Waals surface area contributed by atoms with Crippen LogP contribution in [0.1, 0.15) is 19.3 Å². The van der Waals surface area contributed by atoms with Crippen LogP contribution < -0.4 is 16.0 Å². The minimum absolute atomic E-state index is 0.0321. The van der Waals surface area contributed by atoms with Gasteiger partial charge in [0.25, 0.3) is 5.56 Å². The van der Waals surface area contributed by atoms with Crippen molar-refractivity contribution in [2.75, 3.05) is 12.3 Å². The minimum Gasteiger partial charge on any atom is -0.356 e. The first-order valence-electron chi connectivity index (χ1n) is 8.74. The summed E-state index contributed by atoms with van der Waals surface area (Å²) >= 11 is 5.21. The number of hydrogen-bond acceptors (Lipinski definition) is 6. The number of carbonyl (C=O) groups excluding carboxylic acids is 1. The molecule has 1 aromatic carbocycles. The molecular formula is C16H19FN6O4S2. The van der Waals surface area contributed by atoms with E-state index in [4.69, 9.17) is 17.4 Å². The third-order valence-electron chi connectivity index (χ3n) is 4.28. The van der Waals surface area contributed by atoms with Crippen LogP contribution in [-0.4, -0.2) is 45.8 Å². The van der Waals surface area contributed by atoms with Crippen molar-refractivity contribution in [3.63, 3.8) is 0 Å². The number of aromatic nitrogens is 4. The van der Waals surface area contributed by atoms with Crippen LogP contribution in [0.4, 0.5) is 4.39 Å². The Balaban J connectivity index is 1.72. The van der Waals surface area contributed by atoms with E-state index in [0.717, 1.165) is 6.07 Å². The maximum atomic E-state index is 13.6. The molecule has 13 heteroatoms. The summed E-state index contributed by atoms with van der Waals surface area (Å²) in [5.74, 6) is -0.823. The van der Waals surface area contributed by atoms with Gasteiger partial charge in [0.05, 0.1) is 16.7 Å². The summed E-state index contributed by atoms with van der Waals surface area (Å²) in [6, 6.07) is 3.86. The van der Waals surface area contributed by atoms with E-state index in [-0.39, 0.29) is 47.7 Å². The van der Waals surface area contributed by atoms with Crippen LogP contribution in [-0.2, 0) is 21.4 Å². The first-order valence-corrected chi connectivity index (χ1v) is 10.9. The molecule has 0 spiro atoms. The number of nitrogens with one attached hydrogen (secondary N) is 2. The Kier molecular flexibility index (Phi) is 6.10. The average molecular weight is 442 g/mol. The Labute approximate surface area is 169 Å². The van der Waals surface area contributed by atoms with E-state index in [1.807, 2.05) is 0 Å². The maximum Gasteiger partial charge on any atom is 0.262 e. The molecule has 4 N–H and O–H groups in total. The normalized spacial score (nSPS) is 11.9. The third kappa shape index (κ3) is 4.86. The zero-order valence-electron chi connectivity index (χ0n) is 15.2. The van der Waals surface area contributed by atoms with Crippen molar-refractivity contribution in [1.29, 1.82) is 0 Å². The molecular weight excluding hydrogens is 423 g/mol.